The maximum atomic E-state index is 13.1. The van der Waals surface area contributed by atoms with Crippen molar-refractivity contribution in [2.24, 2.45) is 0 Å². The molecule has 0 aliphatic carbocycles. The lowest BCUT2D eigenvalue weighted by Crippen LogP contribution is -2.28. The van der Waals surface area contributed by atoms with Gasteiger partial charge in [0.2, 0.25) is 0 Å². The molecule has 1 fully saturated rings. The molecular formula is C18H15FN2O2. The molecule has 1 amide bonds. The number of anilines is 1. The van der Waals surface area contributed by atoms with Crippen LogP contribution in [0.15, 0.2) is 42.6 Å². The largest absolute Gasteiger partial charge is 0.441 e. The molecule has 116 valence electrons. The van der Waals surface area contributed by atoms with Crippen LogP contribution in [0.2, 0.25) is 0 Å². The van der Waals surface area contributed by atoms with E-state index in [4.69, 9.17) is 4.74 Å². The molecule has 23 heavy (non-hydrogen) atoms. The first kappa shape index (κ1) is 15.0. The number of hydrogen-bond acceptors (Lipinski definition) is 3. The first-order valence-electron chi connectivity index (χ1n) is 7.17. The average Bonchev–Trinajstić information content (AvgIpc) is 2.79. The number of pyridine rings is 1. The highest BCUT2D eigenvalue weighted by atomic mass is 19.1. The predicted molar refractivity (Wildman–Crippen MR) is 84.5 cm³/mol. The minimum absolute atomic E-state index is 0.319. The van der Waals surface area contributed by atoms with Gasteiger partial charge in [-0.15, -0.1) is 0 Å². The van der Waals surface area contributed by atoms with Gasteiger partial charge in [0.1, 0.15) is 17.2 Å². The van der Waals surface area contributed by atoms with E-state index in [9.17, 15) is 9.18 Å². The predicted octanol–water partition coefficient (Wildman–Crippen LogP) is 3.36. The van der Waals surface area contributed by atoms with Crippen LogP contribution in [-0.4, -0.2) is 23.2 Å². The van der Waals surface area contributed by atoms with Crippen molar-refractivity contribution in [3.05, 3.63) is 59.5 Å². The van der Waals surface area contributed by atoms with Crippen LogP contribution in [0.4, 0.5) is 15.0 Å². The van der Waals surface area contributed by atoms with Crippen molar-refractivity contribution in [2.75, 3.05) is 11.4 Å². The lowest BCUT2D eigenvalue weighted by Gasteiger charge is -2.14. The molecular weight excluding hydrogens is 295 g/mol. The summed E-state index contributed by atoms with van der Waals surface area (Å²) >= 11 is 0. The van der Waals surface area contributed by atoms with E-state index in [2.05, 4.69) is 16.8 Å². The average molecular weight is 310 g/mol. The zero-order valence-electron chi connectivity index (χ0n) is 12.8. The van der Waals surface area contributed by atoms with Crippen LogP contribution in [-0.2, 0) is 4.74 Å². The van der Waals surface area contributed by atoms with Gasteiger partial charge in [-0.1, -0.05) is 17.9 Å². The number of hydrogen-bond donors (Lipinski definition) is 0. The summed E-state index contributed by atoms with van der Waals surface area (Å²) in [6.07, 6.45) is 1.18. The summed E-state index contributed by atoms with van der Waals surface area (Å²) in [5, 5.41) is 0. The Labute approximate surface area is 133 Å². The first-order chi connectivity index (χ1) is 10.9. The normalized spacial score (nSPS) is 15.8. The van der Waals surface area contributed by atoms with Gasteiger partial charge >= 0.3 is 6.09 Å². The maximum absolute atomic E-state index is 13.1. The Morgan fingerprint density at radius 1 is 1.22 bits per heavy atom. The molecule has 2 heterocycles. The zero-order chi connectivity index (χ0) is 16.4. The molecule has 1 aliphatic rings. The molecule has 1 aromatic heterocycles. The lowest BCUT2D eigenvalue weighted by atomic mass is 10.1. The molecule has 0 bridgehead atoms. The number of cyclic esters (lactones) is 1. The van der Waals surface area contributed by atoms with Gasteiger partial charge in [-0.05, 0) is 44.2 Å². The van der Waals surface area contributed by atoms with Crippen molar-refractivity contribution < 1.29 is 13.9 Å². The maximum Gasteiger partial charge on any atom is 0.416 e. The highest BCUT2D eigenvalue weighted by Gasteiger charge is 2.38. The van der Waals surface area contributed by atoms with Crippen molar-refractivity contribution in [1.29, 1.82) is 0 Å². The Morgan fingerprint density at radius 2 is 2.00 bits per heavy atom. The molecule has 0 saturated carbocycles. The Kier molecular flexibility index (Phi) is 3.75. The van der Waals surface area contributed by atoms with Gasteiger partial charge in [0.25, 0.3) is 0 Å². The Bertz CT molecular complexity index is 804. The van der Waals surface area contributed by atoms with E-state index < -0.39 is 11.7 Å². The molecule has 0 spiro atoms. The van der Waals surface area contributed by atoms with Gasteiger partial charge < -0.3 is 4.74 Å². The van der Waals surface area contributed by atoms with Crippen LogP contribution in [0, 0.1) is 17.7 Å². The summed E-state index contributed by atoms with van der Waals surface area (Å²) in [7, 11) is 0. The molecule has 4 nitrogen and oxygen atoms in total. The zero-order valence-corrected chi connectivity index (χ0v) is 12.8. The monoisotopic (exact) mass is 310 g/mol. The van der Waals surface area contributed by atoms with Crippen molar-refractivity contribution in [2.45, 2.75) is 19.4 Å². The van der Waals surface area contributed by atoms with E-state index >= 15 is 0 Å². The highest BCUT2D eigenvalue weighted by molar-refractivity contribution is 5.89. The van der Waals surface area contributed by atoms with Crippen LogP contribution in [0.25, 0.3) is 0 Å². The standard InChI is InChI=1S/C18H15FN2O2/c1-18(2)12-21(17(22)23-18)16-9-8-14(11-20-16)7-6-13-4-3-5-15(19)10-13/h3-5,8-11H,12H2,1-2H3. The number of carbonyl (C=O) groups is 1. The number of nitrogens with zero attached hydrogens (tertiary/aromatic N) is 2. The summed E-state index contributed by atoms with van der Waals surface area (Å²) in [5.41, 5.74) is 0.762. The van der Waals surface area contributed by atoms with Crippen LogP contribution < -0.4 is 4.90 Å². The fraction of sp³-hybridized carbons (Fsp3) is 0.222. The second kappa shape index (κ2) is 5.73. The van der Waals surface area contributed by atoms with Crippen LogP contribution in [0.1, 0.15) is 25.0 Å². The van der Waals surface area contributed by atoms with Crippen molar-refractivity contribution >= 4 is 11.9 Å². The van der Waals surface area contributed by atoms with E-state index in [1.165, 1.54) is 17.0 Å². The van der Waals surface area contributed by atoms with Crippen molar-refractivity contribution in [3.63, 3.8) is 0 Å². The molecule has 1 aliphatic heterocycles. The first-order valence-corrected chi connectivity index (χ1v) is 7.17. The fourth-order valence-electron chi connectivity index (χ4n) is 2.27. The third-order valence-electron chi connectivity index (χ3n) is 3.32. The molecule has 0 unspecified atom stereocenters. The van der Waals surface area contributed by atoms with E-state index in [1.54, 1.807) is 30.5 Å². The summed E-state index contributed by atoms with van der Waals surface area (Å²) in [6, 6.07) is 9.59. The third kappa shape index (κ3) is 3.49. The van der Waals surface area contributed by atoms with Crippen molar-refractivity contribution in [3.8, 4) is 11.8 Å². The van der Waals surface area contributed by atoms with E-state index in [1.807, 2.05) is 13.8 Å². The SMILES string of the molecule is CC1(C)CN(c2ccc(C#Cc3cccc(F)c3)cn2)C(=O)O1. The quantitative estimate of drug-likeness (QED) is 0.759. The minimum Gasteiger partial charge on any atom is -0.441 e. The topological polar surface area (TPSA) is 42.4 Å². The van der Waals surface area contributed by atoms with Gasteiger partial charge in [0.05, 0.1) is 6.54 Å². The number of halogens is 1. The minimum atomic E-state index is -0.519. The Morgan fingerprint density at radius 3 is 2.61 bits per heavy atom. The summed E-state index contributed by atoms with van der Waals surface area (Å²) in [6.45, 7) is 4.15. The van der Waals surface area contributed by atoms with Crippen LogP contribution in [0.3, 0.4) is 0 Å². The van der Waals surface area contributed by atoms with Gasteiger partial charge in [-0.25, -0.2) is 14.2 Å². The Balaban J connectivity index is 1.77. The van der Waals surface area contributed by atoms with Gasteiger partial charge in [-0.2, -0.15) is 0 Å². The number of amides is 1. The molecule has 0 N–H and O–H groups in total. The summed E-state index contributed by atoms with van der Waals surface area (Å²) in [5.74, 6) is 6.00. The van der Waals surface area contributed by atoms with E-state index in [0.29, 0.717) is 23.5 Å². The van der Waals surface area contributed by atoms with Gasteiger partial charge in [-0.3, -0.25) is 4.90 Å². The van der Waals surface area contributed by atoms with Crippen LogP contribution in [0.5, 0.6) is 0 Å². The summed E-state index contributed by atoms with van der Waals surface area (Å²) < 4.78 is 18.3. The molecule has 5 heteroatoms. The summed E-state index contributed by atoms with van der Waals surface area (Å²) in [4.78, 5) is 17.6. The van der Waals surface area contributed by atoms with E-state index in [0.717, 1.165) is 0 Å². The molecule has 0 radical (unpaired) electrons. The molecule has 2 aromatic rings. The molecule has 1 saturated heterocycles. The highest BCUT2D eigenvalue weighted by Crippen LogP contribution is 2.25. The fourth-order valence-corrected chi connectivity index (χ4v) is 2.27. The van der Waals surface area contributed by atoms with E-state index in [-0.39, 0.29) is 5.82 Å². The molecule has 0 atom stereocenters. The second-order valence-corrected chi connectivity index (χ2v) is 5.88. The smallest absolute Gasteiger partial charge is 0.416 e. The third-order valence-corrected chi connectivity index (χ3v) is 3.32. The van der Waals surface area contributed by atoms with Crippen LogP contribution >= 0.6 is 0 Å². The molecule has 3 rings (SSSR count). The Hall–Kier alpha value is -2.87. The van der Waals surface area contributed by atoms with Gasteiger partial charge in [0.15, 0.2) is 0 Å². The van der Waals surface area contributed by atoms with Crippen molar-refractivity contribution in [1.82, 2.24) is 4.98 Å². The molecule has 1 aromatic carbocycles. The number of ether oxygens (including phenoxy) is 1. The number of benzene rings is 1. The second-order valence-electron chi connectivity index (χ2n) is 5.88. The number of aromatic nitrogens is 1. The number of carbonyl (C=O) groups excluding carboxylic acids is 1. The van der Waals surface area contributed by atoms with Gasteiger partial charge in [0, 0.05) is 17.3 Å². The lowest BCUT2D eigenvalue weighted by molar-refractivity contribution is 0.0871. The number of rotatable bonds is 1.